The van der Waals surface area contributed by atoms with Crippen LogP contribution < -0.4 is 0 Å². The first-order valence-electron chi connectivity index (χ1n) is 6.80. The molecule has 0 unspecified atom stereocenters. The highest BCUT2D eigenvalue weighted by molar-refractivity contribution is 5.71. The van der Waals surface area contributed by atoms with Crippen LogP contribution in [0.3, 0.4) is 0 Å². The Morgan fingerprint density at radius 3 is 2.43 bits per heavy atom. The summed E-state index contributed by atoms with van der Waals surface area (Å²) in [4.78, 5) is 13.2. The molecule has 0 aliphatic carbocycles. The number of nitrogens with zero attached hydrogens (tertiary/aromatic N) is 1. The predicted molar refractivity (Wildman–Crippen MR) is 73.6 cm³/mol. The largest absolute Gasteiger partial charge is 0.465 e. The highest BCUT2D eigenvalue weighted by Crippen LogP contribution is 2.32. The highest BCUT2D eigenvalue weighted by atomic mass is 19.4. The molecule has 0 fully saturated rings. The Bertz CT molecular complexity index is 472. The smallest absolute Gasteiger partial charge is 0.416 e. The van der Waals surface area contributed by atoms with Crippen molar-refractivity contribution in [3.8, 4) is 0 Å². The van der Waals surface area contributed by atoms with E-state index in [2.05, 4.69) is 0 Å². The predicted octanol–water partition coefficient (Wildman–Crippen LogP) is 3.48. The van der Waals surface area contributed by atoms with E-state index in [-0.39, 0.29) is 31.3 Å². The van der Waals surface area contributed by atoms with E-state index in [0.717, 1.165) is 6.07 Å². The number of hydrogen-bond acceptors (Lipinski definition) is 3. The molecule has 0 aliphatic rings. The summed E-state index contributed by atoms with van der Waals surface area (Å²) in [5, 5.41) is 0. The number of hydrogen-bond donors (Lipinski definition) is 0. The third kappa shape index (κ3) is 5.38. The average molecular weight is 303 g/mol. The molecule has 0 spiro atoms. The molecule has 0 bridgehead atoms. The highest BCUT2D eigenvalue weighted by Gasteiger charge is 2.33. The van der Waals surface area contributed by atoms with Crippen molar-refractivity contribution in [1.29, 1.82) is 0 Å². The molecule has 0 N–H and O–H groups in total. The van der Waals surface area contributed by atoms with Crippen LogP contribution in [-0.2, 0) is 22.3 Å². The van der Waals surface area contributed by atoms with E-state index in [4.69, 9.17) is 4.74 Å². The molecule has 0 amide bonds. The van der Waals surface area contributed by atoms with Gasteiger partial charge in [-0.25, -0.2) is 0 Å². The third-order valence-electron chi connectivity index (χ3n) is 3.06. The lowest BCUT2D eigenvalue weighted by atomic mass is 10.1. The van der Waals surface area contributed by atoms with Crippen molar-refractivity contribution in [2.45, 2.75) is 39.5 Å². The van der Waals surface area contributed by atoms with Crippen molar-refractivity contribution in [2.75, 3.05) is 13.2 Å². The monoisotopic (exact) mass is 303 g/mol. The number of esters is 1. The molecule has 0 saturated heterocycles. The van der Waals surface area contributed by atoms with Crippen molar-refractivity contribution in [3.05, 3.63) is 35.4 Å². The minimum atomic E-state index is -4.40. The number of rotatable bonds is 6. The molecule has 0 aliphatic heterocycles. The molecule has 0 radical (unpaired) electrons. The van der Waals surface area contributed by atoms with E-state index in [9.17, 15) is 18.0 Å². The molecule has 3 nitrogen and oxygen atoms in total. The van der Waals surface area contributed by atoms with Crippen molar-refractivity contribution in [2.24, 2.45) is 0 Å². The lowest BCUT2D eigenvalue weighted by Gasteiger charge is -2.26. The second kappa shape index (κ2) is 7.45. The minimum Gasteiger partial charge on any atom is -0.465 e. The third-order valence-corrected chi connectivity index (χ3v) is 3.06. The fraction of sp³-hybridized carbons (Fsp3) is 0.533. The first-order chi connectivity index (χ1) is 9.75. The van der Waals surface area contributed by atoms with Gasteiger partial charge in [-0.05, 0) is 32.4 Å². The number of alkyl halides is 3. The van der Waals surface area contributed by atoms with E-state index in [0.29, 0.717) is 0 Å². The lowest BCUT2D eigenvalue weighted by Crippen LogP contribution is -2.36. The van der Waals surface area contributed by atoms with Gasteiger partial charge in [0, 0.05) is 12.6 Å². The number of benzene rings is 1. The Hall–Kier alpha value is -1.56. The molecule has 118 valence electrons. The Morgan fingerprint density at radius 1 is 1.29 bits per heavy atom. The van der Waals surface area contributed by atoms with Gasteiger partial charge in [-0.2, -0.15) is 13.2 Å². The summed E-state index contributed by atoms with van der Waals surface area (Å²) < 4.78 is 43.8. The van der Waals surface area contributed by atoms with Crippen molar-refractivity contribution < 1.29 is 22.7 Å². The van der Waals surface area contributed by atoms with E-state index < -0.39 is 17.7 Å². The summed E-state index contributed by atoms with van der Waals surface area (Å²) >= 11 is 0. The molecule has 21 heavy (non-hydrogen) atoms. The number of carbonyl (C=O) groups is 1. The van der Waals surface area contributed by atoms with Crippen molar-refractivity contribution in [3.63, 3.8) is 0 Å². The van der Waals surface area contributed by atoms with Gasteiger partial charge in [0.2, 0.25) is 0 Å². The zero-order chi connectivity index (χ0) is 16.0. The zero-order valence-electron chi connectivity index (χ0n) is 12.4. The molecule has 0 aromatic heterocycles. The zero-order valence-corrected chi connectivity index (χ0v) is 12.4. The van der Waals surface area contributed by atoms with Crippen LogP contribution in [0.4, 0.5) is 13.2 Å². The molecule has 0 atom stereocenters. The molecule has 0 saturated carbocycles. The summed E-state index contributed by atoms with van der Waals surface area (Å²) in [7, 11) is 0. The van der Waals surface area contributed by atoms with Gasteiger partial charge >= 0.3 is 12.1 Å². The van der Waals surface area contributed by atoms with Gasteiger partial charge in [0.05, 0.1) is 18.7 Å². The topological polar surface area (TPSA) is 29.5 Å². The van der Waals surface area contributed by atoms with Crippen LogP contribution in [0.15, 0.2) is 24.3 Å². The SMILES string of the molecule is CCOC(=O)CN(Cc1ccccc1C(F)(F)F)C(C)C. The van der Waals surface area contributed by atoms with E-state index in [1.165, 1.54) is 12.1 Å². The van der Waals surface area contributed by atoms with Gasteiger partial charge in [0.15, 0.2) is 0 Å². The second-order valence-electron chi connectivity index (χ2n) is 4.96. The average Bonchev–Trinajstić information content (AvgIpc) is 2.37. The van der Waals surface area contributed by atoms with Crippen molar-refractivity contribution in [1.82, 2.24) is 4.90 Å². The maximum absolute atomic E-state index is 13.0. The molecule has 1 aromatic carbocycles. The molecule has 1 aromatic rings. The van der Waals surface area contributed by atoms with E-state index in [1.807, 2.05) is 13.8 Å². The summed E-state index contributed by atoms with van der Waals surface area (Å²) in [6.07, 6.45) is -4.40. The maximum atomic E-state index is 13.0. The number of carbonyl (C=O) groups excluding carboxylic acids is 1. The summed E-state index contributed by atoms with van der Waals surface area (Å²) in [6, 6.07) is 5.34. The van der Waals surface area contributed by atoms with Crippen LogP contribution in [0.2, 0.25) is 0 Å². The van der Waals surface area contributed by atoms with Gasteiger partial charge in [0.1, 0.15) is 0 Å². The standard InChI is InChI=1S/C15H20F3NO2/c1-4-21-14(20)10-19(11(2)3)9-12-7-5-6-8-13(12)15(16,17)18/h5-8,11H,4,9-10H2,1-3H3. The van der Waals surface area contributed by atoms with Gasteiger partial charge in [-0.15, -0.1) is 0 Å². The maximum Gasteiger partial charge on any atom is 0.416 e. The Morgan fingerprint density at radius 2 is 1.90 bits per heavy atom. The van der Waals surface area contributed by atoms with Gasteiger partial charge < -0.3 is 4.74 Å². The molecule has 6 heteroatoms. The Balaban J connectivity index is 2.92. The van der Waals surface area contributed by atoms with Crippen LogP contribution in [-0.4, -0.2) is 30.1 Å². The lowest BCUT2D eigenvalue weighted by molar-refractivity contribution is -0.145. The van der Waals surface area contributed by atoms with Crippen LogP contribution in [0.5, 0.6) is 0 Å². The Kier molecular flexibility index (Phi) is 6.20. The first kappa shape index (κ1) is 17.5. The minimum absolute atomic E-state index is 0.0301. The fourth-order valence-electron chi connectivity index (χ4n) is 1.95. The van der Waals surface area contributed by atoms with Crippen LogP contribution in [0, 0.1) is 0 Å². The number of ether oxygens (including phenoxy) is 1. The van der Waals surface area contributed by atoms with Gasteiger partial charge in [-0.1, -0.05) is 18.2 Å². The number of halogens is 3. The van der Waals surface area contributed by atoms with Crippen LogP contribution >= 0.6 is 0 Å². The van der Waals surface area contributed by atoms with Gasteiger partial charge in [-0.3, -0.25) is 9.69 Å². The molecular weight excluding hydrogens is 283 g/mol. The second-order valence-corrected chi connectivity index (χ2v) is 4.96. The molecule has 1 rings (SSSR count). The van der Waals surface area contributed by atoms with Crippen LogP contribution in [0.25, 0.3) is 0 Å². The van der Waals surface area contributed by atoms with Crippen LogP contribution in [0.1, 0.15) is 31.9 Å². The van der Waals surface area contributed by atoms with E-state index >= 15 is 0 Å². The summed E-state index contributed by atoms with van der Waals surface area (Å²) in [5.41, 5.74) is -0.512. The quantitative estimate of drug-likeness (QED) is 0.754. The van der Waals surface area contributed by atoms with Gasteiger partial charge in [0.25, 0.3) is 0 Å². The molecular formula is C15H20F3NO2. The first-order valence-corrected chi connectivity index (χ1v) is 6.80. The summed E-state index contributed by atoms with van der Waals surface area (Å²) in [5.74, 6) is -0.435. The van der Waals surface area contributed by atoms with Crippen molar-refractivity contribution >= 4 is 5.97 Å². The normalized spacial score (nSPS) is 12.0. The summed E-state index contributed by atoms with van der Waals surface area (Å²) in [6.45, 7) is 5.62. The fourth-order valence-corrected chi connectivity index (χ4v) is 1.95. The Labute approximate surface area is 122 Å². The molecule has 0 heterocycles. The van der Waals surface area contributed by atoms with E-state index in [1.54, 1.807) is 17.9 Å².